The highest BCUT2D eigenvalue weighted by atomic mass is 16.4. The number of urea groups is 1. The Hall–Kier alpha value is -1.79. The number of carbonyl (C=O) groups excluding carboxylic acids is 2. The highest BCUT2D eigenvalue weighted by Gasteiger charge is 2.25. The molecule has 1 heterocycles. The molecule has 0 aliphatic carbocycles. The van der Waals surface area contributed by atoms with E-state index in [2.05, 4.69) is 5.32 Å². The normalized spacial score (nSPS) is 17.2. The smallest absolute Gasteiger partial charge is 0.318 e. The van der Waals surface area contributed by atoms with Gasteiger partial charge >= 0.3 is 12.0 Å². The standard InChI is InChI=1S/C14H25N3O4/c1-10(13(20)16(2)3)15-14(21)17-8-6-11(7-9-17)4-5-12(18)19/h10-11H,4-9H2,1-3H3,(H,15,21)(H,18,19). The third kappa shape index (κ3) is 5.61. The number of carboxylic acid groups (broad SMARTS) is 1. The number of nitrogens with one attached hydrogen (secondary N) is 1. The number of hydrogen-bond acceptors (Lipinski definition) is 3. The van der Waals surface area contributed by atoms with Crippen molar-refractivity contribution in [2.75, 3.05) is 27.2 Å². The lowest BCUT2D eigenvalue weighted by atomic mass is 9.92. The molecule has 0 aromatic heterocycles. The molecule has 1 fully saturated rings. The third-order valence-corrected chi connectivity index (χ3v) is 3.82. The van der Waals surface area contributed by atoms with Crippen LogP contribution < -0.4 is 5.32 Å². The largest absolute Gasteiger partial charge is 0.481 e. The van der Waals surface area contributed by atoms with Crippen LogP contribution in [0.2, 0.25) is 0 Å². The first-order chi connectivity index (χ1) is 9.81. The van der Waals surface area contributed by atoms with Crippen molar-refractivity contribution in [2.24, 2.45) is 5.92 Å². The summed E-state index contributed by atoms with van der Waals surface area (Å²) in [5.74, 6) is -0.545. The summed E-state index contributed by atoms with van der Waals surface area (Å²) in [7, 11) is 3.30. The zero-order valence-corrected chi connectivity index (χ0v) is 13.0. The van der Waals surface area contributed by atoms with Gasteiger partial charge in [-0.2, -0.15) is 0 Å². The average Bonchev–Trinajstić information content (AvgIpc) is 2.44. The maximum atomic E-state index is 12.1. The minimum Gasteiger partial charge on any atom is -0.481 e. The molecule has 0 aromatic carbocycles. The number of rotatable bonds is 5. The van der Waals surface area contributed by atoms with E-state index in [9.17, 15) is 14.4 Å². The van der Waals surface area contributed by atoms with Crippen LogP contribution in [0.1, 0.15) is 32.6 Å². The van der Waals surface area contributed by atoms with E-state index in [1.165, 1.54) is 4.90 Å². The molecule has 1 atom stereocenters. The lowest BCUT2D eigenvalue weighted by Gasteiger charge is -2.32. The van der Waals surface area contributed by atoms with Crippen LogP contribution in [0.25, 0.3) is 0 Å². The van der Waals surface area contributed by atoms with Crippen LogP contribution in [0.3, 0.4) is 0 Å². The van der Waals surface area contributed by atoms with E-state index in [0.717, 1.165) is 12.8 Å². The molecule has 120 valence electrons. The Balaban J connectivity index is 2.35. The fourth-order valence-electron chi connectivity index (χ4n) is 2.48. The molecule has 3 amide bonds. The van der Waals surface area contributed by atoms with Crippen LogP contribution in [0.15, 0.2) is 0 Å². The Morgan fingerprint density at radius 2 is 1.86 bits per heavy atom. The van der Waals surface area contributed by atoms with E-state index in [-0.39, 0.29) is 18.4 Å². The molecule has 0 saturated carbocycles. The van der Waals surface area contributed by atoms with E-state index in [1.54, 1.807) is 25.9 Å². The Bertz CT molecular complexity index is 390. The summed E-state index contributed by atoms with van der Waals surface area (Å²) in [4.78, 5) is 37.4. The monoisotopic (exact) mass is 299 g/mol. The van der Waals surface area contributed by atoms with Gasteiger partial charge in [0.05, 0.1) is 0 Å². The van der Waals surface area contributed by atoms with Gasteiger partial charge in [-0.15, -0.1) is 0 Å². The third-order valence-electron chi connectivity index (χ3n) is 3.82. The van der Waals surface area contributed by atoms with Crippen molar-refractivity contribution in [3.8, 4) is 0 Å². The topological polar surface area (TPSA) is 90.0 Å². The van der Waals surface area contributed by atoms with Crippen molar-refractivity contribution in [3.63, 3.8) is 0 Å². The molecule has 21 heavy (non-hydrogen) atoms. The number of hydrogen-bond donors (Lipinski definition) is 2. The van der Waals surface area contributed by atoms with Gasteiger partial charge in [0.25, 0.3) is 0 Å². The second-order valence-corrected chi connectivity index (χ2v) is 5.77. The van der Waals surface area contributed by atoms with Crippen LogP contribution in [-0.4, -0.2) is 66.0 Å². The maximum absolute atomic E-state index is 12.1. The molecule has 7 nitrogen and oxygen atoms in total. The van der Waals surface area contributed by atoms with Crippen molar-refractivity contribution >= 4 is 17.9 Å². The van der Waals surface area contributed by atoms with Gasteiger partial charge in [-0.3, -0.25) is 9.59 Å². The molecule has 1 unspecified atom stereocenters. The Morgan fingerprint density at radius 1 is 1.29 bits per heavy atom. The SMILES string of the molecule is CC(NC(=O)N1CCC(CCC(=O)O)CC1)C(=O)N(C)C. The highest BCUT2D eigenvalue weighted by molar-refractivity contribution is 5.86. The van der Waals surface area contributed by atoms with Gasteiger partial charge in [0.15, 0.2) is 0 Å². The molecule has 1 rings (SSSR count). The summed E-state index contributed by atoms with van der Waals surface area (Å²) < 4.78 is 0. The molecule has 0 spiro atoms. The summed E-state index contributed by atoms with van der Waals surface area (Å²) in [5.41, 5.74) is 0. The van der Waals surface area contributed by atoms with Crippen molar-refractivity contribution < 1.29 is 19.5 Å². The molecule has 0 radical (unpaired) electrons. The van der Waals surface area contributed by atoms with Gasteiger partial charge in [0.1, 0.15) is 6.04 Å². The summed E-state index contributed by atoms with van der Waals surface area (Å²) in [6, 6.07) is -0.772. The van der Waals surface area contributed by atoms with Crippen LogP contribution in [0.4, 0.5) is 4.79 Å². The van der Waals surface area contributed by atoms with Crippen LogP contribution >= 0.6 is 0 Å². The minimum atomic E-state index is -0.772. The van der Waals surface area contributed by atoms with Crippen molar-refractivity contribution in [1.29, 1.82) is 0 Å². The summed E-state index contributed by atoms with van der Waals surface area (Å²) >= 11 is 0. The van der Waals surface area contributed by atoms with Crippen LogP contribution in [-0.2, 0) is 9.59 Å². The second-order valence-electron chi connectivity index (χ2n) is 5.77. The number of piperidine rings is 1. The molecule has 1 saturated heterocycles. The predicted octanol–water partition coefficient (Wildman–Crippen LogP) is 0.750. The quantitative estimate of drug-likeness (QED) is 0.784. The van der Waals surface area contributed by atoms with E-state index < -0.39 is 12.0 Å². The maximum Gasteiger partial charge on any atom is 0.318 e. The molecule has 1 aliphatic rings. The first kappa shape index (κ1) is 17.3. The number of amides is 3. The Morgan fingerprint density at radius 3 is 2.33 bits per heavy atom. The number of likely N-dealkylation sites (tertiary alicyclic amines) is 1. The van der Waals surface area contributed by atoms with Gasteiger partial charge < -0.3 is 20.2 Å². The zero-order valence-electron chi connectivity index (χ0n) is 13.0. The molecular weight excluding hydrogens is 274 g/mol. The first-order valence-corrected chi connectivity index (χ1v) is 7.29. The van der Waals surface area contributed by atoms with Gasteiger partial charge in [0.2, 0.25) is 5.91 Å². The molecule has 0 bridgehead atoms. The average molecular weight is 299 g/mol. The van der Waals surface area contributed by atoms with Crippen molar-refractivity contribution in [1.82, 2.24) is 15.1 Å². The minimum absolute atomic E-state index is 0.139. The molecule has 0 aromatic rings. The number of carboxylic acids is 1. The summed E-state index contributed by atoms with van der Waals surface area (Å²) in [6.07, 6.45) is 2.49. The Kier molecular flexibility index (Phi) is 6.45. The zero-order chi connectivity index (χ0) is 16.0. The molecule has 7 heteroatoms. The van der Waals surface area contributed by atoms with Gasteiger partial charge in [-0.25, -0.2) is 4.79 Å². The fraction of sp³-hybridized carbons (Fsp3) is 0.786. The van der Waals surface area contributed by atoms with E-state index in [1.807, 2.05) is 0 Å². The first-order valence-electron chi connectivity index (χ1n) is 7.29. The summed E-state index contributed by atoms with van der Waals surface area (Å²) in [6.45, 7) is 2.89. The van der Waals surface area contributed by atoms with Gasteiger partial charge in [-0.1, -0.05) is 0 Å². The predicted molar refractivity (Wildman–Crippen MR) is 77.9 cm³/mol. The van der Waals surface area contributed by atoms with Crippen LogP contribution in [0.5, 0.6) is 0 Å². The molecular formula is C14H25N3O4. The molecule has 2 N–H and O–H groups in total. The fourth-order valence-corrected chi connectivity index (χ4v) is 2.48. The van der Waals surface area contributed by atoms with Crippen LogP contribution in [0, 0.1) is 5.92 Å². The second kappa shape index (κ2) is 7.85. The molecule has 1 aliphatic heterocycles. The van der Waals surface area contributed by atoms with Crippen molar-refractivity contribution in [3.05, 3.63) is 0 Å². The van der Waals surface area contributed by atoms with E-state index in [0.29, 0.717) is 25.4 Å². The highest BCUT2D eigenvalue weighted by Crippen LogP contribution is 2.21. The van der Waals surface area contributed by atoms with Gasteiger partial charge in [-0.05, 0) is 32.1 Å². The number of nitrogens with zero attached hydrogens (tertiary/aromatic N) is 2. The number of carbonyl (C=O) groups is 3. The lowest BCUT2D eigenvalue weighted by molar-refractivity contribution is -0.137. The van der Waals surface area contributed by atoms with E-state index in [4.69, 9.17) is 5.11 Å². The van der Waals surface area contributed by atoms with E-state index >= 15 is 0 Å². The summed E-state index contributed by atoms with van der Waals surface area (Å²) in [5, 5.41) is 11.4. The van der Waals surface area contributed by atoms with Gasteiger partial charge in [0, 0.05) is 33.6 Å². The number of aliphatic carboxylic acids is 1. The van der Waals surface area contributed by atoms with Crippen molar-refractivity contribution in [2.45, 2.75) is 38.6 Å². The Labute approximate surface area is 125 Å². The lowest BCUT2D eigenvalue weighted by Crippen LogP contribution is -2.51. The number of likely N-dealkylation sites (N-methyl/N-ethyl adjacent to an activating group) is 1.